The number of hydrogen-bond acceptors (Lipinski definition) is 10. The minimum atomic E-state index is -1.15. The molecule has 2 heterocycles. The molecule has 2 N–H and O–H groups in total. The van der Waals surface area contributed by atoms with Crippen LogP contribution in [0.2, 0.25) is 0 Å². The number of hydrogen-bond donors (Lipinski definition) is 2. The van der Waals surface area contributed by atoms with E-state index in [1.807, 2.05) is 36.4 Å². The van der Waals surface area contributed by atoms with E-state index in [2.05, 4.69) is 25.9 Å². The molecule has 11 nitrogen and oxygen atoms in total. The summed E-state index contributed by atoms with van der Waals surface area (Å²) in [6.07, 6.45) is 8.51. The van der Waals surface area contributed by atoms with Crippen LogP contribution in [0.25, 0.3) is 10.9 Å². The van der Waals surface area contributed by atoms with Crippen LogP contribution in [0, 0.1) is 12.3 Å². The van der Waals surface area contributed by atoms with E-state index in [4.69, 9.17) is 30.5 Å². The van der Waals surface area contributed by atoms with Gasteiger partial charge in [0.25, 0.3) is 6.47 Å². The maximum atomic E-state index is 9.59. The fraction of sp³-hybridized carbons (Fsp3) is 0.231. The third-order valence-corrected chi connectivity index (χ3v) is 4.68. The summed E-state index contributed by atoms with van der Waals surface area (Å²) in [7, 11) is 0. The summed E-state index contributed by atoms with van der Waals surface area (Å²) in [5.41, 5.74) is 2.37. The zero-order chi connectivity index (χ0) is 26.3. The van der Waals surface area contributed by atoms with Crippen molar-refractivity contribution in [2.24, 2.45) is 0 Å². The first kappa shape index (κ1) is 26.9. The van der Waals surface area contributed by atoms with Crippen molar-refractivity contribution in [1.82, 2.24) is 9.97 Å². The summed E-state index contributed by atoms with van der Waals surface area (Å²) in [6.45, 7) is 2.97. The van der Waals surface area contributed by atoms with Crippen LogP contribution in [0.3, 0.4) is 0 Å². The number of aromatic nitrogens is 2. The average Bonchev–Trinajstić information content (AvgIpc) is 2.89. The van der Waals surface area contributed by atoms with Crippen molar-refractivity contribution >= 4 is 34.8 Å². The van der Waals surface area contributed by atoms with Crippen LogP contribution in [0.15, 0.2) is 55.1 Å². The molecule has 0 amide bonds. The van der Waals surface area contributed by atoms with Gasteiger partial charge in [0.2, 0.25) is 0 Å². The molecule has 0 radical (unpaired) electrons. The largest absolute Gasteiger partial charge is 0.487 e. The number of terminal acetylenes is 1. The van der Waals surface area contributed by atoms with Gasteiger partial charge in [0.15, 0.2) is 11.5 Å². The zero-order valence-corrected chi connectivity index (χ0v) is 19.8. The number of ether oxygens (including phenoxy) is 5. The Hall–Kier alpha value is -4.66. The van der Waals surface area contributed by atoms with Gasteiger partial charge in [-0.2, -0.15) is 0 Å². The molecule has 0 bridgehead atoms. The summed E-state index contributed by atoms with van der Waals surface area (Å²) in [5, 5.41) is 12.0. The first-order valence-electron chi connectivity index (χ1n) is 11.1. The standard InChI is InChI=1S/C22H21N3O4.C4H4O4/c1-2-16-4-3-5-17(12-16)25-22-18-13-20-21(14-19(18)23-15-24-22)29-11-9-27-7-6-26-8-10-28-20;5-3-8-2-1-4(6)7/h1,3-5,12-15H,6-11H2,(H,23,24,25);1-3H,(H,6,7)/b;2-1-. The van der Waals surface area contributed by atoms with Crippen molar-refractivity contribution < 1.29 is 38.4 Å². The van der Waals surface area contributed by atoms with Crippen LogP contribution >= 0.6 is 0 Å². The zero-order valence-electron chi connectivity index (χ0n) is 19.8. The number of fused-ring (bicyclic) bond motifs is 2. The van der Waals surface area contributed by atoms with Crippen molar-refractivity contribution in [2.45, 2.75) is 0 Å². The molecule has 1 aromatic heterocycles. The minimum Gasteiger partial charge on any atom is -0.487 e. The molecule has 4 rings (SSSR count). The summed E-state index contributed by atoms with van der Waals surface area (Å²) in [6, 6.07) is 11.3. The van der Waals surface area contributed by atoms with Crippen molar-refractivity contribution in [3.05, 3.63) is 60.6 Å². The molecule has 1 aliphatic rings. The Kier molecular flexibility index (Phi) is 10.7. The molecule has 192 valence electrons. The Morgan fingerprint density at radius 3 is 2.41 bits per heavy atom. The second-order valence-electron chi connectivity index (χ2n) is 7.18. The maximum absolute atomic E-state index is 9.59. The Morgan fingerprint density at radius 1 is 1.03 bits per heavy atom. The normalized spacial score (nSPS) is 13.7. The highest BCUT2D eigenvalue weighted by Crippen LogP contribution is 2.35. The Balaban J connectivity index is 0.000000414. The Morgan fingerprint density at radius 2 is 1.73 bits per heavy atom. The van der Waals surface area contributed by atoms with Crippen molar-refractivity contribution in [2.75, 3.05) is 45.0 Å². The topological polar surface area (TPSA) is 138 Å². The van der Waals surface area contributed by atoms with Crippen molar-refractivity contribution in [3.63, 3.8) is 0 Å². The van der Waals surface area contributed by atoms with Gasteiger partial charge in [-0.05, 0) is 24.3 Å². The SMILES string of the molecule is C#Cc1cccc(Nc2ncnc3cc4c(cc23)OCCOCCOCCO4)c1.O=CO/C=C\C(=O)O. The maximum Gasteiger partial charge on any atom is 0.331 e. The number of rotatable bonds is 5. The Bertz CT molecular complexity index is 1270. The molecule has 0 saturated heterocycles. The number of benzene rings is 2. The smallest absolute Gasteiger partial charge is 0.331 e. The van der Waals surface area contributed by atoms with E-state index in [-0.39, 0.29) is 6.47 Å². The fourth-order valence-corrected chi connectivity index (χ4v) is 3.09. The Labute approximate surface area is 213 Å². The van der Waals surface area contributed by atoms with Gasteiger partial charge >= 0.3 is 5.97 Å². The van der Waals surface area contributed by atoms with Gasteiger partial charge in [0, 0.05) is 22.7 Å². The highest BCUT2D eigenvalue weighted by atomic mass is 16.6. The quantitative estimate of drug-likeness (QED) is 0.228. The number of aliphatic carboxylic acids is 1. The summed E-state index contributed by atoms with van der Waals surface area (Å²) in [5.74, 6) is 3.36. The predicted octanol–water partition coefficient (Wildman–Crippen LogP) is 2.92. The highest BCUT2D eigenvalue weighted by molar-refractivity contribution is 5.93. The summed E-state index contributed by atoms with van der Waals surface area (Å²) in [4.78, 5) is 27.7. The van der Waals surface area contributed by atoms with Crippen LogP contribution in [0.5, 0.6) is 11.5 Å². The second kappa shape index (κ2) is 14.7. The van der Waals surface area contributed by atoms with E-state index in [9.17, 15) is 9.59 Å². The van der Waals surface area contributed by atoms with Gasteiger partial charge in [-0.15, -0.1) is 6.42 Å². The van der Waals surface area contributed by atoms with Gasteiger partial charge in [-0.1, -0.05) is 12.0 Å². The third kappa shape index (κ3) is 8.81. The van der Waals surface area contributed by atoms with Gasteiger partial charge in [0.1, 0.15) is 31.6 Å². The van der Waals surface area contributed by atoms with Crippen LogP contribution in [0.4, 0.5) is 11.5 Å². The molecular weight excluding hydrogens is 482 g/mol. The number of carbonyl (C=O) groups is 2. The van der Waals surface area contributed by atoms with Gasteiger partial charge in [0.05, 0.1) is 38.0 Å². The molecular formula is C26H25N3O8. The van der Waals surface area contributed by atoms with Crippen LogP contribution < -0.4 is 14.8 Å². The van der Waals surface area contributed by atoms with E-state index in [1.165, 1.54) is 6.33 Å². The number of nitrogens with zero attached hydrogens (tertiary/aromatic N) is 2. The molecule has 0 saturated carbocycles. The molecule has 3 aromatic rings. The van der Waals surface area contributed by atoms with E-state index >= 15 is 0 Å². The van der Waals surface area contributed by atoms with E-state index in [0.29, 0.717) is 63.0 Å². The molecule has 1 aliphatic heterocycles. The molecule has 0 spiro atoms. The number of carbonyl (C=O) groups excluding carboxylic acids is 1. The summed E-state index contributed by atoms with van der Waals surface area (Å²) >= 11 is 0. The average molecular weight is 507 g/mol. The van der Waals surface area contributed by atoms with Crippen LogP contribution in [0.1, 0.15) is 5.56 Å². The molecule has 0 aliphatic carbocycles. The number of anilines is 2. The molecule has 37 heavy (non-hydrogen) atoms. The van der Waals surface area contributed by atoms with Crippen molar-refractivity contribution in [3.8, 4) is 23.8 Å². The lowest BCUT2D eigenvalue weighted by molar-refractivity contribution is -0.131. The molecule has 2 aromatic carbocycles. The first-order chi connectivity index (χ1) is 18.1. The monoisotopic (exact) mass is 507 g/mol. The van der Waals surface area contributed by atoms with Gasteiger partial charge in [-0.25, -0.2) is 14.8 Å². The third-order valence-electron chi connectivity index (χ3n) is 4.68. The second-order valence-corrected chi connectivity index (χ2v) is 7.18. The predicted molar refractivity (Wildman–Crippen MR) is 134 cm³/mol. The number of carboxylic acid groups (broad SMARTS) is 1. The molecule has 0 fully saturated rings. The highest BCUT2D eigenvalue weighted by Gasteiger charge is 2.13. The van der Waals surface area contributed by atoms with Gasteiger partial charge < -0.3 is 34.1 Å². The lowest BCUT2D eigenvalue weighted by Crippen LogP contribution is -2.15. The lowest BCUT2D eigenvalue weighted by atomic mass is 10.2. The van der Waals surface area contributed by atoms with E-state index in [1.54, 1.807) is 0 Å². The molecule has 11 heteroatoms. The van der Waals surface area contributed by atoms with E-state index < -0.39 is 5.97 Å². The van der Waals surface area contributed by atoms with Crippen molar-refractivity contribution in [1.29, 1.82) is 0 Å². The van der Waals surface area contributed by atoms with Crippen LogP contribution in [-0.2, 0) is 23.8 Å². The fourth-order valence-electron chi connectivity index (χ4n) is 3.09. The van der Waals surface area contributed by atoms with Crippen LogP contribution in [-0.4, -0.2) is 67.2 Å². The molecule has 0 atom stereocenters. The lowest BCUT2D eigenvalue weighted by Gasteiger charge is -2.16. The number of nitrogens with one attached hydrogen (secondary N) is 1. The minimum absolute atomic E-state index is 0.138. The van der Waals surface area contributed by atoms with E-state index in [0.717, 1.165) is 28.4 Å². The van der Waals surface area contributed by atoms with Gasteiger partial charge in [-0.3, -0.25) is 4.79 Å². The first-order valence-corrected chi connectivity index (χ1v) is 11.1. The number of carboxylic acids is 1. The molecule has 0 unspecified atom stereocenters. The summed E-state index contributed by atoms with van der Waals surface area (Å²) < 4.78 is 26.6.